The molecule has 9 rings (SSSR count). The molecule has 5 aliphatic rings. The van der Waals surface area contributed by atoms with E-state index in [2.05, 4.69) is 35.6 Å². The lowest BCUT2D eigenvalue weighted by molar-refractivity contribution is -0.385. The van der Waals surface area contributed by atoms with Crippen LogP contribution in [-0.4, -0.2) is 154 Å². The van der Waals surface area contributed by atoms with Crippen LogP contribution in [0.4, 0.5) is 17.1 Å². The van der Waals surface area contributed by atoms with Crippen molar-refractivity contribution >= 4 is 57.9 Å². The zero-order valence-electron chi connectivity index (χ0n) is 41.3. The number of non-ortho nitro benzene ring substituents is 1. The van der Waals surface area contributed by atoms with E-state index in [4.69, 9.17) is 9.47 Å². The van der Waals surface area contributed by atoms with Gasteiger partial charge in [-0.15, -0.1) is 11.3 Å². The third-order valence-electron chi connectivity index (χ3n) is 14.5. The lowest BCUT2D eigenvalue weighted by atomic mass is 9.85. The van der Waals surface area contributed by atoms with Gasteiger partial charge >= 0.3 is 0 Å². The quantitative estimate of drug-likeness (QED) is 0.0609. The Labute approximate surface area is 424 Å². The van der Waals surface area contributed by atoms with E-state index in [1.807, 2.05) is 82.6 Å². The van der Waals surface area contributed by atoms with Crippen LogP contribution in [0, 0.1) is 22.5 Å². The molecule has 3 saturated heterocycles. The summed E-state index contributed by atoms with van der Waals surface area (Å²) >= 11 is 3.09. The van der Waals surface area contributed by atoms with Crippen LogP contribution in [0.5, 0.6) is 5.75 Å². The monoisotopic (exact) mass is 1010 g/mol. The van der Waals surface area contributed by atoms with Crippen molar-refractivity contribution in [2.24, 2.45) is 5.41 Å². The van der Waals surface area contributed by atoms with Crippen LogP contribution in [0.1, 0.15) is 77.1 Å². The number of β-amino-alcohol motifs (C(OH)–C–C–N with tert-alkyl or cyclic N) is 1. The molecule has 3 amide bonds. The van der Waals surface area contributed by atoms with Crippen LogP contribution in [0.15, 0.2) is 76.0 Å². The molecule has 4 atom stereocenters. The highest BCUT2D eigenvalue weighted by molar-refractivity contribution is 7.99. The molecule has 0 spiro atoms. The molecule has 5 heterocycles. The summed E-state index contributed by atoms with van der Waals surface area (Å²) in [6.07, 6.45) is 3.56. The zero-order chi connectivity index (χ0) is 50.0. The molecule has 4 N–H and O–H groups in total. The predicted molar refractivity (Wildman–Crippen MR) is 274 cm³/mol. The highest BCUT2D eigenvalue weighted by Crippen LogP contribution is 2.47. The molecule has 1 aromatic heterocycles. The SMILES string of the molecule is Cc1ncsc1-c1ccc([C@H](C)NC(=O)[C@@H]2C[C@@H](O)CN2C(=O)[C@@H](NC(=O)CN2CCN(CCN3CCC(O[C@H]4C[C@H](Oc5ccc6c(c5)Sc5cc([N+](=O)[O-])ccc5N6)C4)CC3)CC2)C(C)(C)C)cc1. The summed E-state index contributed by atoms with van der Waals surface area (Å²) in [5.41, 5.74) is 6.04. The van der Waals surface area contributed by atoms with Gasteiger partial charge in [0.25, 0.3) is 5.69 Å². The zero-order valence-corrected chi connectivity index (χ0v) is 42.9. The lowest BCUT2D eigenvalue weighted by Crippen LogP contribution is -2.59. The number of nitro benzene ring substituents is 1. The number of benzene rings is 3. The molecule has 1 saturated carbocycles. The van der Waals surface area contributed by atoms with E-state index in [9.17, 15) is 29.6 Å². The number of piperazine rings is 1. The molecule has 4 fully saturated rings. The first kappa shape index (κ1) is 50.8. The largest absolute Gasteiger partial charge is 0.490 e. The molecule has 380 valence electrons. The number of anilines is 2. The molecule has 4 aliphatic heterocycles. The van der Waals surface area contributed by atoms with Gasteiger partial charge in [0.1, 0.15) is 23.9 Å². The number of hydrogen-bond donors (Lipinski definition) is 4. The number of carbonyl (C=O) groups excluding carboxylic acids is 3. The van der Waals surface area contributed by atoms with Crippen LogP contribution >= 0.6 is 23.1 Å². The van der Waals surface area contributed by atoms with Gasteiger partial charge < -0.3 is 40.3 Å². The number of thiazole rings is 1. The molecule has 19 heteroatoms. The van der Waals surface area contributed by atoms with Crippen LogP contribution in [-0.2, 0) is 19.1 Å². The predicted octanol–water partition coefficient (Wildman–Crippen LogP) is 6.61. The van der Waals surface area contributed by atoms with Gasteiger partial charge in [-0.2, -0.15) is 0 Å². The number of aliphatic hydroxyl groups excluding tert-OH is 1. The summed E-state index contributed by atoms with van der Waals surface area (Å²) in [7, 11) is 0. The van der Waals surface area contributed by atoms with E-state index >= 15 is 0 Å². The molecule has 1 aliphatic carbocycles. The van der Waals surface area contributed by atoms with Crippen molar-refractivity contribution in [1.29, 1.82) is 0 Å². The van der Waals surface area contributed by atoms with E-state index in [1.54, 1.807) is 23.5 Å². The van der Waals surface area contributed by atoms with Crippen molar-refractivity contribution in [1.82, 2.24) is 35.2 Å². The Kier molecular flexibility index (Phi) is 15.7. The molecule has 3 aromatic carbocycles. The second kappa shape index (κ2) is 21.9. The smallest absolute Gasteiger partial charge is 0.270 e. The minimum absolute atomic E-state index is 0.0231. The van der Waals surface area contributed by atoms with Crippen LogP contribution in [0.3, 0.4) is 0 Å². The first-order valence-electron chi connectivity index (χ1n) is 25.0. The number of rotatable bonds is 16. The van der Waals surface area contributed by atoms with E-state index < -0.39 is 23.6 Å². The molecular formula is C52H67N9O8S2. The number of aromatic nitrogens is 1. The van der Waals surface area contributed by atoms with Crippen molar-refractivity contribution in [2.75, 3.05) is 70.8 Å². The fourth-order valence-electron chi connectivity index (χ4n) is 10.2. The maximum absolute atomic E-state index is 14.3. The van der Waals surface area contributed by atoms with Crippen LogP contribution in [0.25, 0.3) is 10.4 Å². The van der Waals surface area contributed by atoms with Crippen molar-refractivity contribution in [3.8, 4) is 16.2 Å². The lowest BCUT2D eigenvalue weighted by Gasteiger charge is -2.40. The second-order valence-corrected chi connectivity index (χ2v) is 22.8. The first-order valence-corrected chi connectivity index (χ1v) is 26.7. The van der Waals surface area contributed by atoms with Crippen molar-refractivity contribution in [3.63, 3.8) is 0 Å². The Bertz CT molecular complexity index is 2550. The Balaban J connectivity index is 0.660. The number of piperidine rings is 1. The third kappa shape index (κ3) is 12.4. The maximum Gasteiger partial charge on any atom is 0.270 e. The maximum atomic E-state index is 14.3. The summed E-state index contributed by atoms with van der Waals surface area (Å²) in [6, 6.07) is 16.8. The number of aliphatic hydroxyl groups is 1. The highest BCUT2D eigenvalue weighted by atomic mass is 32.2. The number of carbonyl (C=O) groups is 3. The third-order valence-corrected chi connectivity index (χ3v) is 16.6. The number of nitrogens with one attached hydrogen (secondary N) is 3. The number of nitrogens with zero attached hydrogens (tertiary/aromatic N) is 6. The average Bonchev–Trinajstić information content (AvgIpc) is 3.96. The Morgan fingerprint density at radius 3 is 2.20 bits per heavy atom. The normalized spacial score (nSPS) is 22.9. The molecule has 4 aromatic rings. The van der Waals surface area contributed by atoms with Gasteiger partial charge in [-0.3, -0.25) is 34.3 Å². The number of hydrogen-bond acceptors (Lipinski definition) is 15. The molecule has 17 nitrogen and oxygen atoms in total. The number of amides is 3. The van der Waals surface area contributed by atoms with Crippen LogP contribution in [0.2, 0.25) is 0 Å². The van der Waals surface area contributed by atoms with Gasteiger partial charge in [-0.1, -0.05) is 56.8 Å². The average molecular weight is 1010 g/mol. The molecule has 0 radical (unpaired) electrons. The summed E-state index contributed by atoms with van der Waals surface area (Å²) < 4.78 is 12.8. The molecule has 0 bridgehead atoms. The minimum Gasteiger partial charge on any atom is -0.490 e. The summed E-state index contributed by atoms with van der Waals surface area (Å²) in [6.45, 7) is 17.0. The first-order chi connectivity index (χ1) is 34.0. The van der Waals surface area contributed by atoms with Gasteiger partial charge in [0.2, 0.25) is 17.7 Å². The van der Waals surface area contributed by atoms with Gasteiger partial charge in [0.15, 0.2) is 0 Å². The van der Waals surface area contributed by atoms with E-state index in [0.717, 1.165) is 127 Å². The van der Waals surface area contributed by atoms with E-state index in [0.29, 0.717) is 0 Å². The number of nitro groups is 1. The number of aryl methyl sites for hydroxylation is 1. The van der Waals surface area contributed by atoms with E-state index in [-0.39, 0.29) is 72.2 Å². The fraction of sp³-hybridized carbons (Fsp3) is 0.538. The van der Waals surface area contributed by atoms with Crippen molar-refractivity contribution in [3.05, 3.63) is 87.5 Å². The van der Waals surface area contributed by atoms with Gasteiger partial charge in [-0.25, -0.2) is 4.98 Å². The summed E-state index contributed by atoms with van der Waals surface area (Å²) in [4.78, 5) is 68.3. The van der Waals surface area contributed by atoms with Gasteiger partial charge in [0.05, 0.1) is 63.3 Å². The molecule has 0 unspecified atom stereocenters. The summed E-state index contributed by atoms with van der Waals surface area (Å²) in [5.74, 6) is -0.141. The minimum atomic E-state index is -0.882. The Morgan fingerprint density at radius 2 is 1.54 bits per heavy atom. The van der Waals surface area contributed by atoms with Crippen molar-refractivity contribution in [2.45, 2.75) is 119 Å². The Morgan fingerprint density at radius 1 is 0.873 bits per heavy atom. The Hall–Kier alpha value is -5.15. The topological polar surface area (TPSA) is 195 Å². The summed E-state index contributed by atoms with van der Waals surface area (Å²) in [5, 5.41) is 31.5. The van der Waals surface area contributed by atoms with Crippen molar-refractivity contribution < 1.29 is 33.9 Å². The second-order valence-electron chi connectivity index (χ2n) is 20.8. The van der Waals surface area contributed by atoms with Gasteiger partial charge in [0, 0.05) is 100 Å². The van der Waals surface area contributed by atoms with Crippen LogP contribution < -0.4 is 20.7 Å². The molecular weight excluding hydrogens is 943 g/mol. The number of ether oxygens (including phenoxy) is 2. The van der Waals surface area contributed by atoms with E-state index in [1.165, 1.54) is 22.7 Å². The fourth-order valence-corrected chi connectivity index (χ4v) is 12.0. The van der Waals surface area contributed by atoms with Gasteiger partial charge in [-0.05, 0) is 67.5 Å². The standard InChI is InChI=1S/C52H67N9O8S2/c1-32(34-6-8-35(9-7-34)48-33(2)53-31-70-48)54-50(64)44-25-37(62)29-60(44)51(65)49(52(3,4)5)56-47(63)30-59-22-20-58(21-23-59)19-18-57-16-14-38(15-17-57)68-40-26-41(27-40)69-39-11-13-43-46(28-39)71-45-24-36(61(66)67)10-12-42(45)55-43/h6-13,24,28,31-32,37-38,40-41,44,49,55,62H,14-23,25-27,29-30H2,1-5H3,(H,54,64)(H,56,63)/t32-,37+,40-,41-,44-,49+/m0/s1. The number of fused-ring (bicyclic) bond motifs is 2. The number of likely N-dealkylation sites (tertiary alicyclic amines) is 2. The highest BCUT2D eigenvalue weighted by Gasteiger charge is 2.45. The molecule has 71 heavy (non-hydrogen) atoms.